The quantitative estimate of drug-likeness (QED) is 0.598. The Labute approximate surface area is 165 Å². The molecule has 1 aliphatic heterocycles. The van der Waals surface area contributed by atoms with Crippen molar-refractivity contribution >= 4 is 23.4 Å². The van der Waals surface area contributed by atoms with E-state index >= 15 is 0 Å². The van der Waals surface area contributed by atoms with Crippen molar-refractivity contribution in [3.05, 3.63) is 64.4 Å². The molecule has 1 saturated heterocycles. The number of halogens is 2. The summed E-state index contributed by atoms with van der Waals surface area (Å²) in [4.78, 5) is 0. The summed E-state index contributed by atoms with van der Waals surface area (Å²) < 4.78 is 19.4. The van der Waals surface area contributed by atoms with Crippen LogP contribution in [0.15, 0.2) is 42.5 Å². The third-order valence-corrected chi connectivity index (χ3v) is 6.05. The molecular formula is C19H20ClFO5S. The summed E-state index contributed by atoms with van der Waals surface area (Å²) in [5, 5.41) is 39.3. The third-order valence-electron chi connectivity index (χ3n) is 4.40. The largest absolute Gasteiger partial charge is 0.477 e. The molecule has 1 heterocycles. The van der Waals surface area contributed by atoms with Crippen LogP contribution in [-0.4, -0.2) is 56.0 Å². The highest BCUT2D eigenvalue weighted by molar-refractivity contribution is 8.00. The van der Waals surface area contributed by atoms with Gasteiger partial charge in [0.15, 0.2) is 5.44 Å². The molecule has 0 aromatic heterocycles. The lowest BCUT2D eigenvalue weighted by Crippen LogP contribution is -2.55. The second-order valence-corrected chi connectivity index (χ2v) is 8.15. The summed E-state index contributed by atoms with van der Waals surface area (Å²) in [6.07, 6.45) is -3.68. The van der Waals surface area contributed by atoms with Crippen LogP contribution in [0.4, 0.5) is 4.39 Å². The maximum atomic E-state index is 13.5. The third kappa shape index (κ3) is 4.74. The number of hydrogen-bond acceptors (Lipinski definition) is 6. The number of benzene rings is 2. The van der Waals surface area contributed by atoms with Crippen LogP contribution in [0.25, 0.3) is 0 Å². The Morgan fingerprint density at radius 3 is 2.52 bits per heavy atom. The molecule has 3 rings (SSSR count). The minimum Gasteiger partial charge on any atom is -0.477 e. The molecule has 4 N–H and O–H groups in total. The fourth-order valence-electron chi connectivity index (χ4n) is 2.96. The Balaban J connectivity index is 1.84. The first-order chi connectivity index (χ1) is 12.9. The molecule has 146 valence electrons. The van der Waals surface area contributed by atoms with E-state index in [-0.39, 0.29) is 12.4 Å². The molecule has 5 atom stereocenters. The lowest BCUT2D eigenvalue weighted by Gasteiger charge is -2.39. The summed E-state index contributed by atoms with van der Waals surface area (Å²) in [5.74, 6) is 0.0682. The van der Waals surface area contributed by atoms with Gasteiger partial charge in [-0.05, 0) is 35.9 Å². The first-order valence-corrected chi connectivity index (χ1v) is 9.71. The smallest absolute Gasteiger partial charge is 0.173 e. The molecule has 5 nitrogen and oxygen atoms in total. The van der Waals surface area contributed by atoms with Gasteiger partial charge in [0.05, 0.1) is 18.0 Å². The van der Waals surface area contributed by atoms with Crippen LogP contribution in [0.5, 0.6) is 5.75 Å². The minimum absolute atomic E-state index is 0.349. The summed E-state index contributed by atoms with van der Waals surface area (Å²) in [5.41, 5.74) is 0.512. The van der Waals surface area contributed by atoms with Crippen LogP contribution in [0.3, 0.4) is 0 Å². The second-order valence-electron chi connectivity index (χ2n) is 6.37. The van der Waals surface area contributed by atoms with Gasteiger partial charge in [0.1, 0.15) is 23.8 Å². The van der Waals surface area contributed by atoms with E-state index in [9.17, 15) is 24.8 Å². The van der Waals surface area contributed by atoms with Crippen molar-refractivity contribution in [3.8, 4) is 5.75 Å². The minimum atomic E-state index is -1.44. The zero-order valence-electron chi connectivity index (χ0n) is 14.2. The standard InChI is InChI=1S/C19H20ClFO5S/c20-12-4-5-14(11(8-12)6-10-2-1-3-13(21)7-10)26-19-18(25)17(24)16(23)15(9-22)27-19/h1-5,7-8,15-19,22-25H,6,9H2/t15-,16-,17+,18-,19-/m1/s1. The number of hydrogen-bond donors (Lipinski definition) is 4. The molecule has 2 aromatic rings. The molecule has 0 saturated carbocycles. The Morgan fingerprint density at radius 1 is 1.04 bits per heavy atom. The Bertz CT molecular complexity index is 790. The number of aliphatic hydroxyl groups excluding tert-OH is 4. The predicted octanol–water partition coefficient (Wildman–Crippen LogP) is 1.97. The first kappa shape index (κ1) is 20.4. The van der Waals surface area contributed by atoms with E-state index in [0.717, 1.165) is 17.3 Å². The molecule has 2 aromatic carbocycles. The fraction of sp³-hybridized carbons (Fsp3) is 0.368. The van der Waals surface area contributed by atoms with Gasteiger partial charge >= 0.3 is 0 Å². The van der Waals surface area contributed by atoms with Crippen LogP contribution in [0.2, 0.25) is 5.02 Å². The van der Waals surface area contributed by atoms with Crippen molar-refractivity contribution in [2.24, 2.45) is 0 Å². The molecule has 8 heteroatoms. The van der Waals surface area contributed by atoms with Crippen molar-refractivity contribution in [2.75, 3.05) is 6.61 Å². The van der Waals surface area contributed by atoms with Gasteiger partial charge in [-0.2, -0.15) is 0 Å². The molecule has 0 spiro atoms. The number of aliphatic hydroxyl groups is 4. The monoisotopic (exact) mass is 414 g/mol. The zero-order valence-corrected chi connectivity index (χ0v) is 15.8. The van der Waals surface area contributed by atoms with E-state index in [1.54, 1.807) is 30.3 Å². The lowest BCUT2D eigenvalue weighted by atomic mass is 10.0. The average molecular weight is 415 g/mol. The molecule has 0 aliphatic carbocycles. The first-order valence-electron chi connectivity index (χ1n) is 8.39. The highest BCUT2D eigenvalue weighted by Crippen LogP contribution is 2.36. The van der Waals surface area contributed by atoms with Crippen molar-refractivity contribution in [1.29, 1.82) is 0 Å². The van der Waals surface area contributed by atoms with Gasteiger partial charge in [0, 0.05) is 17.0 Å². The molecule has 0 unspecified atom stereocenters. The van der Waals surface area contributed by atoms with E-state index in [4.69, 9.17) is 16.3 Å². The van der Waals surface area contributed by atoms with Crippen LogP contribution < -0.4 is 4.74 Å². The molecule has 1 aliphatic rings. The van der Waals surface area contributed by atoms with E-state index in [0.29, 0.717) is 22.8 Å². The highest BCUT2D eigenvalue weighted by Gasteiger charge is 2.44. The van der Waals surface area contributed by atoms with Crippen LogP contribution >= 0.6 is 23.4 Å². The van der Waals surface area contributed by atoms with Crippen molar-refractivity contribution in [3.63, 3.8) is 0 Å². The Hall–Kier alpha value is -1.35. The maximum absolute atomic E-state index is 13.5. The van der Waals surface area contributed by atoms with Crippen molar-refractivity contribution < 1.29 is 29.6 Å². The average Bonchev–Trinajstić information content (AvgIpc) is 2.64. The SMILES string of the molecule is OC[C@H]1S[C@@H](Oc2ccc(Cl)cc2Cc2cccc(F)c2)[C@H](O)[C@@H](O)[C@@H]1O. The van der Waals surface area contributed by atoms with Gasteiger partial charge in [-0.25, -0.2) is 4.39 Å². The van der Waals surface area contributed by atoms with E-state index in [2.05, 4.69) is 0 Å². The highest BCUT2D eigenvalue weighted by atomic mass is 35.5. The van der Waals surface area contributed by atoms with Gasteiger partial charge in [0.2, 0.25) is 0 Å². The topological polar surface area (TPSA) is 90.2 Å². The molecule has 0 radical (unpaired) electrons. The summed E-state index contributed by atoms with van der Waals surface area (Å²) in [6.45, 7) is -0.369. The fourth-order valence-corrected chi connectivity index (χ4v) is 4.39. The predicted molar refractivity (Wildman–Crippen MR) is 102 cm³/mol. The lowest BCUT2D eigenvalue weighted by molar-refractivity contribution is -0.0910. The summed E-state index contributed by atoms with van der Waals surface area (Å²) in [7, 11) is 0. The van der Waals surface area contributed by atoms with E-state index < -0.39 is 29.0 Å². The van der Waals surface area contributed by atoms with E-state index in [1.165, 1.54) is 12.1 Å². The number of ether oxygens (including phenoxy) is 1. The summed E-state index contributed by atoms with van der Waals surface area (Å²) >= 11 is 7.13. The molecular weight excluding hydrogens is 395 g/mol. The second kappa shape index (κ2) is 8.77. The normalized spacial score (nSPS) is 28.1. The van der Waals surface area contributed by atoms with Gasteiger partial charge in [-0.3, -0.25) is 0 Å². The van der Waals surface area contributed by atoms with Crippen molar-refractivity contribution in [1.82, 2.24) is 0 Å². The molecule has 1 fully saturated rings. The number of thioether (sulfide) groups is 1. The van der Waals surface area contributed by atoms with Crippen LogP contribution in [0, 0.1) is 5.82 Å². The Morgan fingerprint density at radius 2 is 1.81 bits per heavy atom. The van der Waals surface area contributed by atoms with Gasteiger partial charge in [0.25, 0.3) is 0 Å². The maximum Gasteiger partial charge on any atom is 0.173 e. The van der Waals surface area contributed by atoms with Gasteiger partial charge in [-0.1, -0.05) is 23.7 Å². The van der Waals surface area contributed by atoms with Gasteiger partial charge in [-0.15, -0.1) is 11.8 Å². The molecule has 0 bridgehead atoms. The van der Waals surface area contributed by atoms with Crippen molar-refractivity contribution in [2.45, 2.75) is 35.4 Å². The van der Waals surface area contributed by atoms with E-state index in [1.807, 2.05) is 0 Å². The number of rotatable bonds is 5. The Kier molecular flexibility index (Phi) is 6.62. The zero-order chi connectivity index (χ0) is 19.6. The van der Waals surface area contributed by atoms with Gasteiger partial charge < -0.3 is 25.2 Å². The summed E-state index contributed by atoms with van der Waals surface area (Å²) in [6, 6.07) is 11.1. The molecule has 0 amide bonds. The van der Waals surface area contributed by atoms with Crippen LogP contribution in [0.1, 0.15) is 11.1 Å². The molecule has 27 heavy (non-hydrogen) atoms. The van der Waals surface area contributed by atoms with Crippen LogP contribution in [-0.2, 0) is 6.42 Å².